The quantitative estimate of drug-likeness (QED) is 0.587. The van der Waals surface area contributed by atoms with Crippen LogP contribution in [0, 0.1) is 6.92 Å². The van der Waals surface area contributed by atoms with Crippen LogP contribution in [0.2, 0.25) is 0 Å². The van der Waals surface area contributed by atoms with Crippen molar-refractivity contribution >= 4 is 16.0 Å². The zero-order chi connectivity index (χ0) is 21.3. The number of ether oxygens (including phenoxy) is 1. The van der Waals surface area contributed by atoms with Crippen molar-refractivity contribution in [2.75, 3.05) is 13.7 Å². The number of nitrogens with zero attached hydrogens (tertiary/aromatic N) is 3. The molecule has 2 aromatic carbocycles. The fraction of sp³-hybridized carbons (Fsp3) is 0.273. The van der Waals surface area contributed by atoms with E-state index in [1.165, 1.54) is 22.3 Å². The molecule has 3 aromatic rings. The van der Waals surface area contributed by atoms with Gasteiger partial charge in [0, 0.05) is 19.3 Å². The average Bonchev–Trinajstić information content (AvgIpc) is 3.19. The molecule has 30 heavy (non-hydrogen) atoms. The van der Waals surface area contributed by atoms with Crippen LogP contribution in [0.4, 0.5) is 0 Å². The molecule has 4 rings (SSSR count). The van der Waals surface area contributed by atoms with Gasteiger partial charge in [0.2, 0.25) is 5.03 Å². The maximum Gasteiger partial charge on any atom is 0.342 e. The molecule has 0 spiro atoms. The number of hydrogen-bond donors (Lipinski definition) is 0. The molecule has 0 N–H and O–H groups in total. The number of aryl methyl sites for hydroxylation is 1. The summed E-state index contributed by atoms with van der Waals surface area (Å²) in [5, 5.41) is 4.04. The highest BCUT2D eigenvalue weighted by Gasteiger charge is 2.35. The summed E-state index contributed by atoms with van der Waals surface area (Å²) in [6.45, 7) is 2.92. The molecule has 0 bridgehead atoms. The Morgan fingerprint density at radius 3 is 2.53 bits per heavy atom. The van der Waals surface area contributed by atoms with Crippen LogP contribution in [0.3, 0.4) is 0 Å². The van der Waals surface area contributed by atoms with Crippen LogP contribution in [0.1, 0.15) is 32.6 Å². The van der Waals surface area contributed by atoms with Gasteiger partial charge in [-0.25, -0.2) is 13.2 Å². The summed E-state index contributed by atoms with van der Waals surface area (Å²) in [5.41, 5.74) is 4.11. The summed E-state index contributed by atoms with van der Waals surface area (Å²) in [4.78, 5) is 12.3. The van der Waals surface area contributed by atoms with Gasteiger partial charge < -0.3 is 4.74 Å². The normalized spacial score (nSPS) is 14.3. The van der Waals surface area contributed by atoms with Crippen molar-refractivity contribution in [1.29, 1.82) is 0 Å². The lowest BCUT2D eigenvalue weighted by atomic mass is 10.0. The second-order valence-electron chi connectivity index (χ2n) is 7.32. The van der Waals surface area contributed by atoms with Crippen molar-refractivity contribution in [1.82, 2.24) is 14.1 Å². The summed E-state index contributed by atoms with van der Waals surface area (Å²) in [5.74, 6) is -0.720. The smallest absolute Gasteiger partial charge is 0.342 e. The minimum atomic E-state index is -3.97. The summed E-state index contributed by atoms with van der Waals surface area (Å²) >= 11 is 0. The van der Waals surface area contributed by atoms with Gasteiger partial charge in [-0.3, -0.25) is 4.68 Å². The third kappa shape index (κ3) is 3.76. The van der Waals surface area contributed by atoms with Gasteiger partial charge in [0.25, 0.3) is 10.0 Å². The van der Waals surface area contributed by atoms with Crippen LogP contribution in [0.15, 0.2) is 59.8 Å². The first-order valence-corrected chi connectivity index (χ1v) is 11.1. The molecule has 0 saturated carbocycles. The van der Waals surface area contributed by atoms with Crippen LogP contribution >= 0.6 is 0 Å². The molecule has 0 aliphatic carbocycles. The van der Waals surface area contributed by atoms with Gasteiger partial charge in [0.05, 0.1) is 13.7 Å². The number of fused-ring (bicyclic) bond motifs is 1. The topological polar surface area (TPSA) is 81.5 Å². The Bertz CT molecular complexity index is 1200. The van der Waals surface area contributed by atoms with E-state index in [9.17, 15) is 13.2 Å². The molecule has 2 heterocycles. The Morgan fingerprint density at radius 1 is 1.10 bits per heavy atom. The van der Waals surface area contributed by atoms with E-state index in [-0.39, 0.29) is 17.1 Å². The van der Waals surface area contributed by atoms with E-state index in [2.05, 4.69) is 5.10 Å². The molecule has 0 radical (unpaired) electrons. The Kier molecular flexibility index (Phi) is 5.44. The first kappa shape index (κ1) is 20.3. The molecule has 0 fully saturated rings. The number of aromatic nitrogens is 2. The monoisotopic (exact) mass is 425 g/mol. The largest absolute Gasteiger partial charge is 0.465 e. The minimum Gasteiger partial charge on any atom is -0.465 e. The predicted octanol–water partition coefficient (Wildman–Crippen LogP) is 2.77. The summed E-state index contributed by atoms with van der Waals surface area (Å²) in [6.07, 6.45) is 2.07. The van der Waals surface area contributed by atoms with E-state index >= 15 is 0 Å². The Hall–Kier alpha value is -2.97. The molecule has 156 valence electrons. The second-order valence-corrected chi connectivity index (χ2v) is 9.17. The maximum absolute atomic E-state index is 13.4. The molecule has 8 heteroatoms. The molecule has 1 aliphatic heterocycles. The second kappa shape index (κ2) is 8.04. The molecule has 0 saturated heterocycles. The Labute approximate surface area is 175 Å². The van der Waals surface area contributed by atoms with Crippen LogP contribution in [-0.4, -0.2) is 42.1 Å². The number of carbonyl (C=O) groups excluding carboxylic acids is 1. The highest BCUT2D eigenvalue weighted by molar-refractivity contribution is 7.89. The lowest BCUT2D eigenvalue weighted by Gasteiger charge is -2.27. The molecule has 0 amide bonds. The molecule has 1 aromatic heterocycles. The fourth-order valence-electron chi connectivity index (χ4n) is 3.68. The van der Waals surface area contributed by atoms with Crippen molar-refractivity contribution in [3.8, 4) is 0 Å². The van der Waals surface area contributed by atoms with E-state index in [4.69, 9.17) is 4.74 Å². The zero-order valence-corrected chi connectivity index (χ0v) is 17.7. The third-order valence-corrected chi connectivity index (χ3v) is 7.19. The Balaban J connectivity index is 1.71. The van der Waals surface area contributed by atoms with Crippen molar-refractivity contribution in [3.05, 3.63) is 82.5 Å². The summed E-state index contributed by atoms with van der Waals surface area (Å²) in [7, 11) is -2.74. The van der Waals surface area contributed by atoms with Gasteiger partial charge in [0.1, 0.15) is 5.56 Å². The standard InChI is InChI=1S/C22H23N3O4S/c1-16-7-3-4-9-18(16)13-24-15-20(22(26)29-2)21(23-24)30(27,28)25-12-11-17-8-5-6-10-19(17)14-25/h3-10,15H,11-14H2,1-2H3. The number of esters is 1. The lowest BCUT2D eigenvalue weighted by Crippen LogP contribution is -2.36. The first-order chi connectivity index (χ1) is 14.4. The molecular formula is C22H23N3O4S. The van der Waals surface area contributed by atoms with Gasteiger partial charge >= 0.3 is 5.97 Å². The van der Waals surface area contributed by atoms with Crippen LogP contribution < -0.4 is 0 Å². The van der Waals surface area contributed by atoms with E-state index in [1.54, 1.807) is 0 Å². The number of rotatable bonds is 5. The molecular weight excluding hydrogens is 402 g/mol. The predicted molar refractivity (Wildman–Crippen MR) is 112 cm³/mol. The van der Waals surface area contributed by atoms with Gasteiger partial charge in [-0.2, -0.15) is 9.40 Å². The zero-order valence-electron chi connectivity index (χ0n) is 16.9. The Morgan fingerprint density at radius 2 is 1.80 bits per heavy atom. The van der Waals surface area contributed by atoms with E-state index in [1.807, 2.05) is 55.5 Å². The number of benzene rings is 2. The van der Waals surface area contributed by atoms with E-state index < -0.39 is 16.0 Å². The van der Waals surface area contributed by atoms with Crippen molar-refractivity contribution < 1.29 is 17.9 Å². The van der Waals surface area contributed by atoms with Crippen LogP contribution in [0.5, 0.6) is 0 Å². The van der Waals surface area contributed by atoms with E-state index in [0.29, 0.717) is 19.5 Å². The minimum absolute atomic E-state index is 0.0510. The van der Waals surface area contributed by atoms with Gasteiger partial charge in [-0.15, -0.1) is 0 Å². The van der Waals surface area contributed by atoms with Crippen molar-refractivity contribution in [2.45, 2.75) is 31.5 Å². The van der Waals surface area contributed by atoms with Gasteiger partial charge in [0.15, 0.2) is 0 Å². The highest BCUT2D eigenvalue weighted by Crippen LogP contribution is 2.26. The number of carbonyl (C=O) groups is 1. The van der Waals surface area contributed by atoms with Crippen LogP contribution in [-0.2, 0) is 34.3 Å². The van der Waals surface area contributed by atoms with Crippen molar-refractivity contribution in [2.24, 2.45) is 0 Å². The van der Waals surface area contributed by atoms with Crippen LogP contribution in [0.25, 0.3) is 0 Å². The van der Waals surface area contributed by atoms with E-state index in [0.717, 1.165) is 22.3 Å². The molecule has 0 atom stereocenters. The molecule has 0 unspecified atom stereocenters. The lowest BCUT2D eigenvalue weighted by molar-refractivity contribution is 0.0596. The SMILES string of the molecule is COC(=O)c1cn(Cc2ccccc2C)nc1S(=O)(=O)N1CCc2ccccc2C1. The fourth-order valence-corrected chi connectivity index (χ4v) is 5.19. The maximum atomic E-state index is 13.4. The first-order valence-electron chi connectivity index (χ1n) is 9.67. The number of hydrogen-bond acceptors (Lipinski definition) is 5. The van der Waals surface area contributed by atoms with Crippen molar-refractivity contribution in [3.63, 3.8) is 0 Å². The molecule has 1 aliphatic rings. The highest BCUT2D eigenvalue weighted by atomic mass is 32.2. The summed E-state index contributed by atoms with van der Waals surface area (Å²) in [6, 6.07) is 15.6. The molecule has 7 nitrogen and oxygen atoms in total. The average molecular weight is 426 g/mol. The third-order valence-electron chi connectivity index (χ3n) is 5.41. The summed E-state index contributed by atoms with van der Waals surface area (Å²) < 4.78 is 34.5. The van der Waals surface area contributed by atoms with Gasteiger partial charge in [-0.05, 0) is 35.6 Å². The number of sulfonamides is 1. The number of methoxy groups -OCH3 is 1. The van der Waals surface area contributed by atoms with Gasteiger partial charge in [-0.1, -0.05) is 48.5 Å².